The molecule has 0 aliphatic rings. The molecule has 0 saturated heterocycles. The fourth-order valence-electron chi connectivity index (χ4n) is 2.88. The highest BCUT2D eigenvalue weighted by molar-refractivity contribution is 7.21. The summed E-state index contributed by atoms with van der Waals surface area (Å²) in [4.78, 5) is 15.3. The molecule has 5 heteroatoms. The van der Waals surface area contributed by atoms with Crippen LogP contribution in [0.5, 0.6) is 0 Å². The van der Waals surface area contributed by atoms with Crippen molar-refractivity contribution in [2.75, 3.05) is 11.9 Å². The zero-order chi connectivity index (χ0) is 17.4. The van der Waals surface area contributed by atoms with Crippen molar-refractivity contribution in [2.24, 2.45) is 0 Å². The smallest absolute Gasteiger partial charge is 0.269 e. The Morgan fingerprint density at radius 3 is 2.56 bits per heavy atom. The van der Waals surface area contributed by atoms with Crippen molar-refractivity contribution in [2.45, 2.75) is 6.92 Å². The van der Waals surface area contributed by atoms with E-state index in [0.29, 0.717) is 5.82 Å². The molecule has 2 aromatic carbocycles. The van der Waals surface area contributed by atoms with E-state index in [0.717, 1.165) is 31.8 Å². The van der Waals surface area contributed by atoms with E-state index >= 15 is 0 Å². The number of aryl methyl sites for hydroxylation is 1. The van der Waals surface area contributed by atoms with Crippen molar-refractivity contribution in [3.05, 3.63) is 71.1 Å². The first-order chi connectivity index (χ1) is 12.1. The lowest BCUT2D eigenvalue weighted by Crippen LogP contribution is -2.26. The number of hydrogen-bond donors (Lipinski definition) is 1. The number of thiophene rings is 1. The van der Waals surface area contributed by atoms with Crippen LogP contribution in [-0.2, 0) is 0 Å². The Kier molecular flexibility index (Phi) is 3.86. The maximum absolute atomic E-state index is 13.0. The number of nitrogens with zero attached hydrogens (tertiary/aromatic N) is 2. The number of aromatic nitrogens is 2. The van der Waals surface area contributed by atoms with Crippen LogP contribution in [0.4, 0.5) is 5.82 Å². The highest BCUT2D eigenvalue weighted by Gasteiger charge is 2.21. The van der Waals surface area contributed by atoms with E-state index in [-0.39, 0.29) is 5.91 Å². The molecule has 0 spiro atoms. The monoisotopic (exact) mass is 347 g/mol. The van der Waals surface area contributed by atoms with Crippen LogP contribution in [0.2, 0.25) is 0 Å². The van der Waals surface area contributed by atoms with Crippen molar-refractivity contribution < 1.29 is 4.79 Å². The molecule has 25 heavy (non-hydrogen) atoms. The third-order valence-electron chi connectivity index (χ3n) is 4.34. The van der Waals surface area contributed by atoms with E-state index in [1.165, 1.54) is 11.3 Å². The molecule has 1 amide bonds. The fraction of sp³-hybridized carbons (Fsp3) is 0.100. The van der Waals surface area contributed by atoms with Crippen LogP contribution in [0.3, 0.4) is 0 Å². The van der Waals surface area contributed by atoms with E-state index in [1.807, 2.05) is 61.5 Å². The number of fused-ring (bicyclic) bond motifs is 1. The Morgan fingerprint density at radius 2 is 1.80 bits per heavy atom. The van der Waals surface area contributed by atoms with Gasteiger partial charge in [0, 0.05) is 17.8 Å². The SMILES string of the molecule is Cc1c(C(=O)N(C)c2cc(-c3ccccc3)[nH]n2)sc2ccccc12. The van der Waals surface area contributed by atoms with Crippen LogP contribution >= 0.6 is 11.3 Å². The summed E-state index contributed by atoms with van der Waals surface area (Å²) in [6, 6.07) is 19.9. The number of carbonyl (C=O) groups excluding carboxylic acids is 1. The van der Waals surface area contributed by atoms with Crippen LogP contribution < -0.4 is 4.90 Å². The zero-order valence-electron chi connectivity index (χ0n) is 14.0. The van der Waals surface area contributed by atoms with Crippen LogP contribution in [0.15, 0.2) is 60.7 Å². The number of hydrogen-bond acceptors (Lipinski definition) is 3. The van der Waals surface area contributed by atoms with Gasteiger partial charge < -0.3 is 0 Å². The molecular weight excluding hydrogens is 330 g/mol. The van der Waals surface area contributed by atoms with Crippen molar-refractivity contribution >= 4 is 33.1 Å². The van der Waals surface area contributed by atoms with Gasteiger partial charge in [0.15, 0.2) is 5.82 Å². The number of nitrogens with one attached hydrogen (secondary N) is 1. The predicted octanol–water partition coefficient (Wildman–Crippen LogP) is 4.88. The van der Waals surface area contributed by atoms with Gasteiger partial charge >= 0.3 is 0 Å². The van der Waals surface area contributed by atoms with Gasteiger partial charge in [-0.25, -0.2) is 0 Å². The first-order valence-electron chi connectivity index (χ1n) is 8.02. The summed E-state index contributed by atoms with van der Waals surface area (Å²) in [6.07, 6.45) is 0. The zero-order valence-corrected chi connectivity index (χ0v) is 14.8. The third kappa shape index (κ3) is 2.72. The number of H-pyrrole nitrogens is 1. The third-order valence-corrected chi connectivity index (χ3v) is 5.60. The molecule has 1 N–H and O–H groups in total. The average molecular weight is 347 g/mol. The lowest BCUT2D eigenvalue weighted by Gasteiger charge is -2.13. The molecule has 0 saturated carbocycles. The van der Waals surface area contributed by atoms with E-state index in [9.17, 15) is 4.79 Å². The molecule has 0 bridgehead atoms. The molecule has 0 aliphatic heterocycles. The fourth-order valence-corrected chi connectivity index (χ4v) is 4.07. The van der Waals surface area contributed by atoms with Gasteiger partial charge in [-0.1, -0.05) is 48.5 Å². The minimum atomic E-state index is -0.0372. The van der Waals surface area contributed by atoms with Crippen molar-refractivity contribution in [3.63, 3.8) is 0 Å². The lowest BCUT2D eigenvalue weighted by atomic mass is 10.1. The van der Waals surface area contributed by atoms with Crippen LogP contribution in [0.1, 0.15) is 15.2 Å². The molecule has 0 atom stereocenters. The van der Waals surface area contributed by atoms with Crippen molar-refractivity contribution in [1.29, 1.82) is 0 Å². The van der Waals surface area contributed by atoms with Gasteiger partial charge in [0.2, 0.25) is 0 Å². The molecule has 0 aliphatic carbocycles. The van der Waals surface area contributed by atoms with Gasteiger partial charge in [-0.15, -0.1) is 11.3 Å². The van der Waals surface area contributed by atoms with Gasteiger partial charge in [-0.3, -0.25) is 14.8 Å². The first-order valence-corrected chi connectivity index (χ1v) is 8.84. The standard InChI is InChI=1S/C20H17N3OS/c1-13-15-10-6-7-11-17(15)25-19(13)20(24)23(2)18-12-16(21-22-18)14-8-4-3-5-9-14/h3-12H,1-2H3,(H,21,22). The van der Waals surface area contributed by atoms with Gasteiger partial charge in [0.05, 0.1) is 10.6 Å². The minimum Gasteiger partial charge on any atom is -0.294 e. The molecule has 2 heterocycles. The quantitative estimate of drug-likeness (QED) is 0.574. The predicted molar refractivity (Wildman–Crippen MR) is 103 cm³/mol. The Labute approximate surface area is 149 Å². The number of anilines is 1. The largest absolute Gasteiger partial charge is 0.294 e. The molecule has 4 rings (SSSR count). The highest BCUT2D eigenvalue weighted by Crippen LogP contribution is 2.32. The van der Waals surface area contributed by atoms with Crippen molar-refractivity contribution in [3.8, 4) is 11.3 Å². The lowest BCUT2D eigenvalue weighted by molar-refractivity contribution is 0.0995. The maximum atomic E-state index is 13.0. The summed E-state index contributed by atoms with van der Waals surface area (Å²) in [6.45, 7) is 2.00. The Balaban J connectivity index is 1.66. The minimum absolute atomic E-state index is 0.0372. The van der Waals surface area contributed by atoms with Crippen LogP contribution in [0, 0.1) is 6.92 Å². The molecule has 2 aromatic heterocycles. The van der Waals surface area contributed by atoms with E-state index in [4.69, 9.17) is 0 Å². The number of amides is 1. The Hall–Kier alpha value is -2.92. The molecular formula is C20H17N3OS. The van der Waals surface area contributed by atoms with Crippen LogP contribution in [-0.4, -0.2) is 23.2 Å². The van der Waals surface area contributed by atoms with Gasteiger partial charge in [0.25, 0.3) is 5.91 Å². The van der Waals surface area contributed by atoms with E-state index in [1.54, 1.807) is 11.9 Å². The topological polar surface area (TPSA) is 49.0 Å². The van der Waals surface area contributed by atoms with E-state index in [2.05, 4.69) is 16.3 Å². The molecule has 0 fully saturated rings. The van der Waals surface area contributed by atoms with Crippen molar-refractivity contribution in [1.82, 2.24) is 10.2 Å². The average Bonchev–Trinajstić information content (AvgIpc) is 3.27. The number of benzene rings is 2. The second-order valence-corrected chi connectivity index (χ2v) is 6.97. The molecule has 0 unspecified atom stereocenters. The highest BCUT2D eigenvalue weighted by atomic mass is 32.1. The number of aromatic amines is 1. The first kappa shape index (κ1) is 15.6. The summed E-state index contributed by atoms with van der Waals surface area (Å²) < 4.78 is 1.13. The Morgan fingerprint density at radius 1 is 1.08 bits per heavy atom. The second-order valence-electron chi connectivity index (χ2n) is 5.92. The summed E-state index contributed by atoms with van der Waals surface area (Å²) in [7, 11) is 1.76. The second kappa shape index (κ2) is 6.18. The molecule has 0 radical (unpaired) electrons. The summed E-state index contributed by atoms with van der Waals surface area (Å²) in [5.74, 6) is 0.575. The Bertz CT molecular complexity index is 1050. The molecule has 4 aromatic rings. The van der Waals surface area contributed by atoms with Gasteiger partial charge in [-0.05, 0) is 29.5 Å². The normalized spacial score (nSPS) is 11.0. The van der Waals surface area contributed by atoms with Gasteiger partial charge in [-0.2, -0.15) is 5.10 Å². The molecule has 124 valence electrons. The van der Waals surface area contributed by atoms with E-state index < -0.39 is 0 Å². The summed E-state index contributed by atoms with van der Waals surface area (Å²) in [5.41, 5.74) is 2.96. The summed E-state index contributed by atoms with van der Waals surface area (Å²) in [5, 5.41) is 8.45. The van der Waals surface area contributed by atoms with Gasteiger partial charge in [0.1, 0.15) is 0 Å². The van der Waals surface area contributed by atoms with Crippen LogP contribution in [0.25, 0.3) is 21.3 Å². The number of carbonyl (C=O) groups is 1. The summed E-state index contributed by atoms with van der Waals surface area (Å²) >= 11 is 1.53. The number of rotatable bonds is 3. The molecule has 4 nitrogen and oxygen atoms in total. The maximum Gasteiger partial charge on any atom is 0.269 e.